The molecule has 1 N–H and O–H groups in total. The third kappa shape index (κ3) is 3.78. The number of hydrogen-bond acceptors (Lipinski definition) is 3. The summed E-state index contributed by atoms with van der Waals surface area (Å²) in [5, 5.41) is 2.74. The van der Waals surface area contributed by atoms with E-state index in [0.717, 1.165) is 18.9 Å². The number of anilines is 2. The molecule has 0 radical (unpaired) electrons. The quantitative estimate of drug-likeness (QED) is 0.917. The molecular weight excluding hydrogens is 269 g/mol. The molecular formula is C16H18FN3O. The zero-order valence-corrected chi connectivity index (χ0v) is 12.1. The van der Waals surface area contributed by atoms with Crippen molar-refractivity contribution in [1.82, 2.24) is 4.98 Å². The van der Waals surface area contributed by atoms with E-state index < -0.39 is 0 Å². The third-order valence-corrected chi connectivity index (χ3v) is 3.20. The molecule has 0 spiro atoms. The highest BCUT2D eigenvalue weighted by molar-refractivity contribution is 6.04. The van der Waals surface area contributed by atoms with Crippen molar-refractivity contribution in [3.05, 3.63) is 54.0 Å². The summed E-state index contributed by atoms with van der Waals surface area (Å²) in [5.74, 6) is 0.226. The second-order valence-corrected chi connectivity index (χ2v) is 4.54. The summed E-state index contributed by atoms with van der Waals surface area (Å²) in [6.07, 6.45) is 1.62. The van der Waals surface area contributed by atoms with Crippen LogP contribution in [0.2, 0.25) is 0 Å². The zero-order chi connectivity index (χ0) is 15.2. The van der Waals surface area contributed by atoms with Crippen LogP contribution in [0.5, 0.6) is 0 Å². The lowest BCUT2D eigenvalue weighted by molar-refractivity contribution is 0.102. The third-order valence-electron chi connectivity index (χ3n) is 3.20. The number of amides is 1. The molecule has 1 aromatic carbocycles. The van der Waals surface area contributed by atoms with Crippen LogP contribution in [0.15, 0.2) is 42.6 Å². The van der Waals surface area contributed by atoms with E-state index in [1.807, 2.05) is 12.1 Å². The number of nitrogens with one attached hydrogen (secondary N) is 1. The van der Waals surface area contributed by atoms with Crippen LogP contribution >= 0.6 is 0 Å². The zero-order valence-electron chi connectivity index (χ0n) is 12.1. The van der Waals surface area contributed by atoms with Gasteiger partial charge in [-0.2, -0.15) is 0 Å². The molecule has 0 aliphatic rings. The second kappa shape index (κ2) is 6.83. The number of pyridine rings is 1. The van der Waals surface area contributed by atoms with E-state index in [1.54, 1.807) is 6.20 Å². The molecule has 0 aliphatic carbocycles. The fourth-order valence-corrected chi connectivity index (χ4v) is 2.00. The highest BCUT2D eigenvalue weighted by Gasteiger charge is 2.07. The monoisotopic (exact) mass is 287 g/mol. The summed E-state index contributed by atoms with van der Waals surface area (Å²) >= 11 is 0. The summed E-state index contributed by atoms with van der Waals surface area (Å²) in [7, 11) is 0. The van der Waals surface area contributed by atoms with Gasteiger partial charge in [-0.25, -0.2) is 9.37 Å². The number of hydrogen-bond donors (Lipinski definition) is 1. The molecule has 0 unspecified atom stereocenters. The van der Waals surface area contributed by atoms with E-state index in [1.165, 1.54) is 24.3 Å². The molecule has 1 heterocycles. The Morgan fingerprint density at radius 2 is 1.81 bits per heavy atom. The highest BCUT2D eigenvalue weighted by Crippen LogP contribution is 2.15. The summed E-state index contributed by atoms with van der Waals surface area (Å²) in [6, 6.07) is 9.09. The summed E-state index contributed by atoms with van der Waals surface area (Å²) < 4.78 is 12.8. The Labute approximate surface area is 123 Å². The van der Waals surface area contributed by atoms with E-state index >= 15 is 0 Å². The molecule has 0 aliphatic heterocycles. The molecule has 2 aromatic rings. The average Bonchev–Trinajstić information content (AvgIpc) is 2.51. The minimum atomic E-state index is -0.364. The topological polar surface area (TPSA) is 45.2 Å². The molecule has 0 fully saturated rings. The van der Waals surface area contributed by atoms with Crippen LogP contribution in [0.25, 0.3) is 0 Å². The number of nitrogens with zero attached hydrogens (tertiary/aromatic N) is 2. The van der Waals surface area contributed by atoms with E-state index in [0.29, 0.717) is 11.3 Å². The summed E-state index contributed by atoms with van der Waals surface area (Å²) in [6.45, 7) is 5.89. The standard InChI is InChI=1S/C16H18FN3O/c1-3-20(4-2)15-10-9-14(11-18-15)19-16(21)12-5-7-13(17)8-6-12/h5-11H,3-4H2,1-2H3,(H,19,21). The smallest absolute Gasteiger partial charge is 0.255 e. The fraction of sp³-hybridized carbons (Fsp3) is 0.250. The lowest BCUT2D eigenvalue weighted by Gasteiger charge is -2.19. The number of aromatic nitrogens is 1. The minimum Gasteiger partial charge on any atom is -0.357 e. The first-order valence-corrected chi connectivity index (χ1v) is 6.92. The molecule has 0 atom stereocenters. The van der Waals surface area contributed by atoms with Crippen LogP contribution in [-0.4, -0.2) is 24.0 Å². The average molecular weight is 287 g/mol. The van der Waals surface area contributed by atoms with Crippen LogP contribution in [0.3, 0.4) is 0 Å². The summed E-state index contributed by atoms with van der Waals surface area (Å²) in [5.41, 5.74) is 1.02. The molecule has 1 amide bonds. The maximum absolute atomic E-state index is 12.8. The number of halogens is 1. The van der Waals surface area contributed by atoms with E-state index in [2.05, 4.69) is 29.0 Å². The van der Waals surface area contributed by atoms with Gasteiger partial charge in [0.2, 0.25) is 0 Å². The van der Waals surface area contributed by atoms with Crippen LogP contribution in [0.4, 0.5) is 15.9 Å². The van der Waals surface area contributed by atoms with Crippen molar-refractivity contribution in [2.45, 2.75) is 13.8 Å². The van der Waals surface area contributed by atoms with Gasteiger partial charge in [0.05, 0.1) is 11.9 Å². The number of carbonyl (C=O) groups is 1. The van der Waals surface area contributed by atoms with Crippen molar-refractivity contribution in [2.24, 2.45) is 0 Å². The van der Waals surface area contributed by atoms with E-state index in [9.17, 15) is 9.18 Å². The molecule has 4 nitrogen and oxygen atoms in total. The van der Waals surface area contributed by atoms with Crippen LogP contribution in [0, 0.1) is 5.82 Å². The normalized spacial score (nSPS) is 10.2. The Kier molecular flexibility index (Phi) is 4.87. The van der Waals surface area contributed by atoms with Crippen molar-refractivity contribution < 1.29 is 9.18 Å². The second-order valence-electron chi connectivity index (χ2n) is 4.54. The van der Waals surface area contributed by atoms with Gasteiger partial charge in [-0.1, -0.05) is 0 Å². The highest BCUT2D eigenvalue weighted by atomic mass is 19.1. The lowest BCUT2D eigenvalue weighted by atomic mass is 10.2. The minimum absolute atomic E-state index is 0.285. The predicted octanol–water partition coefficient (Wildman–Crippen LogP) is 3.32. The number of benzene rings is 1. The first-order chi connectivity index (χ1) is 10.1. The van der Waals surface area contributed by atoms with Gasteiger partial charge in [0.25, 0.3) is 5.91 Å². The van der Waals surface area contributed by atoms with Crippen molar-refractivity contribution in [2.75, 3.05) is 23.3 Å². The Balaban J connectivity index is 2.06. The van der Waals surface area contributed by atoms with Crippen LogP contribution in [-0.2, 0) is 0 Å². The van der Waals surface area contributed by atoms with Crippen molar-refractivity contribution in [3.8, 4) is 0 Å². The van der Waals surface area contributed by atoms with Gasteiger partial charge >= 0.3 is 0 Å². The Morgan fingerprint density at radius 1 is 1.14 bits per heavy atom. The van der Waals surface area contributed by atoms with Gasteiger partial charge in [-0.3, -0.25) is 4.79 Å². The van der Waals surface area contributed by atoms with Crippen LogP contribution in [0.1, 0.15) is 24.2 Å². The molecule has 1 aromatic heterocycles. The van der Waals surface area contributed by atoms with Crippen molar-refractivity contribution >= 4 is 17.4 Å². The summed E-state index contributed by atoms with van der Waals surface area (Å²) in [4.78, 5) is 18.4. The van der Waals surface area contributed by atoms with Gasteiger partial charge in [0.15, 0.2) is 0 Å². The van der Waals surface area contributed by atoms with Gasteiger partial charge in [0.1, 0.15) is 11.6 Å². The molecule has 21 heavy (non-hydrogen) atoms. The maximum atomic E-state index is 12.8. The Morgan fingerprint density at radius 3 is 2.33 bits per heavy atom. The maximum Gasteiger partial charge on any atom is 0.255 e. The van der Waals surface area contributed by atoms with Crippen molar-refractivity contribution in [1.29, 1.82) is 0 Å². The first-order valence-electron chi connectivity index (χ1n) is 6.92. The lowest BCUT2D eigenvalue weighted by Crippen LogP contribution is -2.22. The van der Waals surface area contributed by atoms with E-state index in [4.69, 9.17) is 0 Å². The first kappa shape index (κ1) is 15.0. The predicted molar refractivity (Wildman–Crippen MR) is 82.2 cm³/mol. The molecule has 2 rings (SSSR count). The van der Waals surface area contributed by atoms with E-state index in [-0.39, 0.29) is 11.7 Å². The molecule has 110 valence electrons. The molecule has 5 heteroatoms. The Hall–Kier alpha value is -2.43. The fourth-order valence-electron chi connectivity index (χ4n) is 2.00. The van der Waals surface area contributed by atoms with Crippen LogP contribution < -0.4 is 10.2 Å². The molecule has 0 bridgehead atoms. The molecule has 0 saturated carbocycles. The number of carbonyl (C=O) groups excluding carboxylic acids is 1. The largest absolute Gasteiger partial charge is 0.357 e. The van der Waals surface area contributed by atoms with Gasteiger partial charge in [-0.15, -0.1) is 0 Å². The Bertz CT molecular complexity index is 592. The number of rotatable bonds is 5. The molecule has 0 saturated heterocycles. The van der Waals surface area contributed by atoms with Gasteiger partial charge in [0, 0.05) is 18.7 Å². The van der Waals surface area contributed by atoms with Gasteiger partial charge < -0.3 is 10.2 Å². The van der Waals surface area contributed by atoms with Gasteiger partial charge in [-0.05, 0) is 50.2 Å². The van der Waals surface area contributed by atoms with Crippen molar-refractivity contribution in [3.63, 3.8) is 0 Å². The SMILES string of the molecule is CCN(CC)c1ccc(NC(=O)c2ccc(F)cc2)cn1.